The number of H-pyrrole nitrogens is 1. The summed E-state index contributed by atoms with van der Waals surface area (Å²) in [7, 11) is 1.64. The largest absolute Gasteiger partial charge is 0.497 e. The Labute approximate surface area is 221 Å². The van der Waals surface area contributed by atoms with Gasteiger partial charge in [0, 0.05) is 61.2 Å². The van der Waals surface area contributed by atoms with E-state index < -0.39 is 40.6 Å². The Kier molecular flexibility index (Phi) is 7.42. The van der Waals surface area contributed by atoms with Crippen LogP contribution in [0, 0.1) is 29.1 Å². The van der Waals surface area contributed by atoms with Crippen molar-refractivity contribution in [1.29, 1.82) is 0 Å². The molecule has 0 unspecified atom stereocenters. The lowest BCUT2D eigenvalue weighted by molar-refractivity contribution is 0.101. The highest BCUT2D eigenvalue weighted by Gasteiger charge is 2.30. The van der Waals surface area contributed by atoms with Crippen LogP contribution in [0.5, 0.6) is 5.75 Å². The second-order valence-corrected chi connectivity index (χ2v) is 9.25. The number of hydrogen-bond acceptors (Lipinski definition) is 4. The monoisotopic (exact) mass is 544 g/mol. The number of rotatable bonds is 7. The molecule has 0 spiro atoms. The van der Waals surface area contributed by atoms with E-state index in [1.165, 1.54) is 6.07 Å². The first-order valence-electron chi connectivity index (χ1n) is 12.3. The Morgan fingerprint density at radius 3 is 2.18 bits per heavy atom. The minimum absolute atomic E-state index is 0.158. The number of amides is 1. The normalized spacial score (nSPS) is 14.2. The van der Waals surface area contributed by atoms with Crippen molar-refractivity contribution in [3.8, 4) is 5.75 Å². The summed E-state index contributed by atoms with van der Waals surface area (Å²) in [4.78, 5) is 20.3. The van der Waals surface area contributed by atoms with E-state index in [2.05, 4.69) is 20.1 Å². The molecule has 1 aliphatic heterocycles. The molecule has 1 aromatic heterocycles. The van der Waals surface area contributed by atoms with Crippen LogP contribution in [0.4, 0.5) is 33.3 Å². The summed E-state index contributed by atoms with van der Waals surface area (Å²) in [6.07, 6.45) is 2.56. The maximum Gasteiger partial charge on any atom is 0.261 e. The number of aromatic amines is 1. The Hall–Kier alpha value is -4.12. The molecule has 11 heteroatoms. The molecule has 1 fully saturated rings. The van der Waals surface area contributed by atoms with Gasteiger partial charge >= 0.3 is 0 Å². The molecular formula is C28H25F5N4O2. The minimum Gasteiger partial charge on any atom is -0.497 e. The van der Waals surface area contributed by atoms with Gasteiger partial charge in [-0.2, -0.15) is 0 Å². The third-order valence-corrected chi connectivity index (χ3v) is 6.97. The number of nitrogens with one attached hydrogen (secondary N) is 2. The lowest BCUT2D eigenvalue weighted by Gasteiger charge is -2.36. The van der Waals surface area contributed by atoms with E-state index in [1.54, 1.807) is 19.2 Å². The number of aromatic nitrogens is 1. The van der Waals surface area contributed by atoms with Crippen molar-refractivity contribution in [1.82, 2.24) is 9.88 Å². The maximum atomic E-state index is 14.1. The van der Waals surface area contributed by atoms with E-state index in [0.717, 1.165) is 60.6 Å². The maximum absolute atomic E-state index is 14.1. The predicted octanol–water partition coefficient (Wildman–Crippen LogP) is 5.49. The molecule has 2 heterocycles. The molecule has 1 amide bonds. The van der Waals surface area contributed by atoms with Gasteiger partial charge in [0.25, 0.3) is 5.91 Å². The van der Waals surface area contributed by atoms with Crippen molar-refractivity contribution in [2.24, 2.45) is 0 Å². The predicted molar refractivity (Wildman–Crippen MR) is 138 cm³/mol. The summed E-state index contributed by atoms with van der Waals surface area (Å²) in [6, 6.07) is 12.7. The van der Waals surface area contributed by atoms with Gasteiger partial charge in [-0.25, -0.2) is 22.0 Å². The number of methoxy groups -OCH3 is 1. The number of carbonyl (C=O) groups is 1. The molecule has 6 nitrogen and oxygen atoms in total. The fourth-order valence-corrected chi connectivity index (χ4v) is 4.76. The smallest absolute Gasteiger partial charge is 0.261 e. The van der Waals surface area contributed by atoms with Crippen molar-refractivity contribution < 1.29 is 31.5 Å². The number of fused-ring (bicyclic) bond motifs is 1. The van der Waals surface area contributed by atoms with Gasteiger partial charge in [0.05, 0.1) is 7.11 Å². The number of halogens is 5. The third-order valence-electron chi connectivity index (χ3n) is 6.97. The van der Waals surface area contributed by atoms with Crippen LogP contribution in [0.1, 0.15) is 15.9 Å². The van der Waals surface area contributed by atoms with E-state index in [1.807, 2.05) is 30.5 Å². The number of ether oxygens (including phenoxy) is 1. The average molecular weight is 545 g/mol. The van der Waals surface area contributed by atoms with Gasteiger partial charge < -0.3 is 19.9 Å². The average Bonchev–Trinajstić information content (AvgIpc) is 3.36. The summed E-state index contributed by atoms with van der Waals surface area (Å²) in [5, 5.41) is 3.02. The van der Waals surface area contributed by atoms with Crippen molar-refractivity contribution in [2.75, 3.05) is 50.1 Å². The summed E-state index contributed by atoms with van der Waals surface area (Å²) in [5.41, 5.74) is 1.52. The van der Waals surface area contributed by atoms with Gasteiger partial charge in [-0.05, 0) is 54.4 Å². The molecule has 39 heavy (non-hydrogen) atoms. The Morgan fingerprint density at radius 2 is 1.54 bits per heavy atom. The highest BCUT2D eigenvalue weighted by atomic mass is 19.2. The first-order chi connectivity index (χ1) is 18.8. The molecule has 5 rings (SSSR count). The number of piperazine rings is 1. The molecule has 2 N–H and O–H groups in total. The molecule has 0 saturated carbocycles. The van der Waals surface area contributed by atoms with Crippen LogP contribution in [-0.2, 0) is 6.42 Å². The minimum atomic E-state index is -2.32. The van der Waals surface area contributed by atoms with Crippen molar-refractivity contribution in [2.45, 2.75) is 6.42 Å². The zero-order chi connectivity index (χ0) is 27.7. The summed E-state index contributed by atoms with van der Waals surface area (Å²) < 4.78 is 73.7. The van der Waals surface area contributed by atoms with E-state index in [0.29, 0.717) is 6.42 Å². The SMILES string of the molecule is COc1ccc(N2CCN(CCc3c[nH]c4ccc(NC(=O)c5c(F)c(F)c(F)c(F)c5F)cc34)CC2)cc1. The molecule has 0 aliphatic carbocycles. The van der Waals surface area contributed by atoms with Crippen LogP contribution < -0.4 is 15.0 Å². The van der Waals surface area contributed by atoms with E-state index in [4.69, 9.17) is 4.74 Å². The number of anilines is 2. The van der Waals surface area contributed by atoms with Crippen LogP contribution in [-0.4, -0.2) is 55.6 Å². The molecule has 1 saturated heterocycles. The molecule has 204 valence electrons. The number of carbonyl (C=O) groups excluding carboxylic acids is 1. The zero-order valence-corrected chi connectivity index (χ0v) is 21.0. The highest BCUT2D eigenvalue weighted by Crippen LogP contribution is 2.27. The van der Waals surface area contributed by atoms with Gasteiger partial charge in [-0.1, -0.05) is 0 Å². The van der Waals surface area contributed by atoms with Crippen LogP contribution in [0.25, 0.3) is 10.9 Å². The quantitative estimate of drug-likeness (QED) is 0.184. The molecule has 0 atom stereocenters. The zero-order valence-electron chi connectivity index (χ0n) is 21.0. The summed E-state index contributed by atoms with van der Waals surface area (Å²) >= 11 is 0. The summed E-state index contributed by atoms with van der Waals surface area (Å²) in [5.74, 6) is -11.6. The molecule has 0 radical (unpaired) electrons. The molecular weight excluding hydrogens is 519 g/mol. The summed E-state index contributed by atoms with van der Waals surface area (Å²) in [6.45, 7) is 4.34. The molecule has 0 bridgehead atoms. The number of benzene rings is 3. The van der Waals surface area contributed by atoms with Gasteiger partial charge in [0.2, 0.25) is 5.82 Å². The number of nitrogens with zero attached hydrogens (tertiary/aromatic N) is 2. The highest BCUT2D eigenvalue weighted by molar-refractivity contribution is 6.05. The lowest BCUT2D eigenvalue weighted by Crippen LogP contribution is -2.46. The van der Waals surface area contributed by atoms with E-state index >= 15 is 0 Å². The third kappa shape index (κ3) is 5.26. The van der Waals surface area contributed by atoms with Gasteiger partial charge in [-0.15, -0.1) is 0 Å². The Bertz CT molecular complexity index is 1490. The van der Waals surface area contributed by atoms with Crippen molar-refractivity contribution in [3.05, 3.63) is 88.9 Å². The molecule has 3 aromatic carbocycles. The molecule has 1 aliphatic rings. The standard InChI is InChI=1S/C28H25F5N4O2/c1-39-19-5-3-18(4-6-19)37-12-10-36(11-13-37)9-8-16-15-34-21-7-2-17(14-20(16)21)35-28(38)22-23(29)25(31)27(33)26(32)24(22)30/h2-7,14-15,34H,8-13H2,1H3,(H,35,38). The second-order valence-electron chi connectivity index (χ2n) is 9.25. The first kappa shape index (κ1) is 26.5. The Morgan fingerprint density at radius 1 is 0.897 bits per heavy atom. The van der Waals surface area contributed by atoms with Gasteiger partial charge in [0.15, 0.2) is 23.3 Å². The Balaban J connectivity index is 1.23. The van der Waals surface area contributed by atoms with Crippen molar-refractivity contribution >= 4 is 28.2 Å². The van der Waals surface area contributed by atoms with E-state index in [9.17, 15) is 26.7 Å². The van der Waals surface area contributed by atoms with Crippen LogP contribution >= 0.6 is 0 Å². The van der Waals surface area contributed by atoms with Crippen LogP contribution in [0.2, 0.25) is 0 Å². The number of hydrogen-bond donors (Lipinski definition) is 2. The topological polar surface area (TPSA) is 60.6 Å². The second kappa shape index (κ2) is 10.9. The van der Waals surface area contributed by atoms with Crippen LogP contribution in [0.3, 0.4) is 0 Å². The van der Waals surface area contributed by atoms with Crippen molar-refractivity contribution in [3.63, 3.8) is 0 Å². The van der Waals surface area contributed by atoms with E-state index in [-0.39, 0.29) is 5.69 Å². The van der Waals surface area contributed by atoms with Gasteiger partial charge in [-0.3, -0.25) is 9.69 Å². The fraction of sp³-hybridized carbons (Fsp3) is 0.250. The molecule has 4 aromatic rings. The fourth-order valence-electron chi connectivity index (χ4n) is 4.76. The van der Waals surface area contributed by atoms with Crippen LogP contribution in [0.15, 0.2) is 48.7 Å². The lowest BCUT2D eigenvalue weighted by atomic mass is 10.1. The first-order valence-corrected chi connectivity index (χ1v) is 12.3. The van der Waals surface area contributed by atoms with Gasteiger partial charge in [0.1, 0.15) is 11.3 Å².